The highest BCUT2D eigenvalue weighted by atomic mass is 32.1. The average Bonchev–Trinajstić information content (AvgIpc) is 3.30. The Labute approximate surface area is 144 Å². The average molecular weight is 343 g/mol. The van der Waals surface area contributed by atoms with E-state index in [1.54, 1.807) is 11.3 Å². The molecule has 0 N–H and O–H groups in total. The molecule has 1 unspecified atom stereocenters. The van der Waals surface area contributed by atoms with E-state index in [9.17, 15) is 4.79 Å². The first-order valence-electron chi connectivity index (χ1n) is 8.44. The van der Waals surface area contributed by atoms with E-state index in [-0.39, 0.29) is 5.91 Å². The molecule has 1 aliphatic heterocycles. The summed E-state index contributed by atoms with van der Waals surface area (Å²) in [5.74, 6) is 1.61. The third-order valence-corrected chi connectivity index (χ3v) is 5.47. The van der Waals surface area contributed by atoms with Crippen molar-refractivity contribution < 1.29 is 4.79 Å². The van der Waals surface area contributed by atoms with E-state index in [4.69, 9.17) is 0 Å². The van der Waals surface area contributed by atoms with Gasteiger partial charge in [-0.15, -0.1) is 11.3 Å². The number of piperidine rings is 1. The maximum atomic E-state index is 12.7. The van der Waals surface area contributed by atoms with Crippen molar-refractivity contribution in [2.24, 2.45) is 0 Å². The molecule has 0 aromatic carbocycles. The van der Waals surface area contributed by atoms with E-state index in [2.05, 4.69) is 21.5 Å². The Bertz CT molecular complexity index is 820. The van der Waals surface area contributed by atoms with Crippen LogP contribution in [0.25, 0.3) is 4.96 Å². The number of imidazole rings is 2. The van der Waals surface area contributed by atoms with Gasteiger partial charge in [0, 0.05) is 55.7 Å². The lowest BCUT2D eigenvalue weighted by atomic mass is 9.96. The van der Waals surface area contributed by atoms with Gasteiger partial charge in [-0.25, -0.2) is 9.97 Å². The summed E-state index contributed by atoms with van der Waals surface area (Å²) in [6.07, 6.45) is 10.3. The molecule has 0 aliphatic carbocycles. The Balaban J connectivity index is 1.45. The Morgan fingerprint density at radius 2 is 2.33 bits per heavy atom. The zero-order valence-corrected chi connectivity index (χ0v) is 14.6. The molecule has 7 heteroatoms. The van der Waals surface area contributed by atoms with Crippen LogP contribution in [-0.4, -0.2) is 42.8 Å². The maximum absolute atomic E-state index is 12.7. The van der Waals surface area contributed by atoms with Gasteiger partial charge in [-0.2, -0.15) is 0 Å². The Morgan fingerprint density at radius 1 is 1.42 bits per heavy atom. The monoisotopic (exact) mass is 343 g/mol. The zero-order chi connectivity index (χ0) is 16.5. The number of hydrogen-bond donors (Lipinski definition) is 0. The number of amides is 1. The van der Waals surface area contributed by atoms with Crippen LogP contribution in [0.1, 0.15) is 37.2 Å². The van der Waals surface area contributed by atoms with Crippen molar-refractivity contribution in [3.8, 4) is 0 Å². The smallest absolute Gasteiger partial charge is 0.228 e. The highest BCUT2D eigenvalue weighted by molar-refractivity contribution is 7.15. The second-order valence-electron chi connectivity index (χ2n) is 6.25. The van der Waals surface area contributed by atoms with Crippen molar-refractivity contribution in [1.82, 2.24) is 23.8 Å². The zero-order valence-electron chi connectivity index (χ0n) is 13.8. The Morgan fingerprint density at radius 3 is 3.17 bits per heavy atom. The van der Waals surface area contributed by atoms with Crippen molar-refractivity contribution in [2.45, 2.75) is 38.6 Å². The largest absolute Gasteiger partial charge is 0.342 e. The molecule has 0 bridgehead atoms. The summed E-state index contributed by atoms with van der Waals surface area (Å²) in [6.45, 7) is 4.65. The lowest BCUT2D eigenvalue weighted by Crippen LogP contribution is -2.40. The molecule has 0 radical (unpaired) electrons. The summed E-state index contributed by atoms with van der Waals surface area (Å²) in [5, 5.41) is 2.00. The van der Waals surface area contributed by atoms with Crippen LogP contribution in [0.2, 0.25) is 0 Å². The van der Waals surface area contributed by atoms with Crippen molar-refractivity contribution in [3.05, 3.63) is 41.7 Å². The number of nitrogens with zero attached hydrogens (tertiary/aromatic N) is 5. The van der Waals surface area contributed by atoms with E-state index in [0.29, 0.717) is 12.3 Å². The first-order chi connectivity index (χ1) is 11.7. The van der Waals surface area contributed by atoms with Gasteiger partial charge in [-0.3, -0.25) is 9.20 Å². The molecule has 1 atom stereocenters. The van der Waals surface area contributed by atoms with Crippen LogP contribution >= 0.6 is 11.3 Å². The minimum atomic E-state index is 0.167. The number of likely N-dealkylation sites (tertiary alicyclic amines) is 1. The van der Waals surface area contributed by atoms with Crippen molar-refractivity contribution in [2.75, 3.05) is 13.1 Å². The second kappa shape index (κ2) is 6.39. The first-order valence-corrected chi connectivity index (χ1v) is 9.32. The van der Waals surface area contributed by atoms with E-state index in [0.717, 1.165) is 49.0 Å². The fourth-order valence-corrected chi connectivity index (χ4v) is 4.21. The van der Waals surface area contributed by atoms with E-state index >= 15 is 0 Å². The standard InChI is InChI=1S/C17H21N5OS/c1-2-20-7-5-18-16(20)13-4-3-6-21(11-13)15(23)10-14-12-22-8-9-24-17(22)19-14/h5,7-9,12-13H,2-4,6,10-11H2,1H3. The number of thiazole rings is 1. The number of rotatable bonds is 4. The van der Waals surface area contributed by atoms with Crippen molar-refractivity contribution >= 4 is 22.2 Å². The fraction of sp³-hybridized carbons (Fsp3) is 0.471. The molecule has 4 heterocycles. The summed E-state index contributed by atoms with van der Waals surface area (Å²) >= 11 is 1.59. The van der Waals surface area contributed by atoms with Crippen LogP contribution < -0.4 is 0 Å². The molecule has 6 nitrogen and oxygen atoms in total. The fourth-order valence-electron chi connectivity index (χ4n) is 3.49. The topological polar surface area (TPSA) is 55.4 Å². The van der Waals surface area contributed by atoms with Gasteiger partial charge in [0.25, 0.3) is 0 Å². The van der Waals surface area contributed by atoms with Crippen molar-refractivity contribution in [3.63, 3.8) is 0 Å². The van der Waals surface area contributed by atoms with Gasteiger partial charge in [0.05, 0.1) is 12.1 Å². The van der Waals surface area contributed by atoms with Gasteiger partial charge < -0.3 is 9.47 Å². The van der Waals surface area contributed by atoms with Crippen LogP contribution in [0.15, 0.2) is 30.2 Å². The molecule has 126 valence electrons. The van der Waals surface area contributed by atoms with E-state index in [1.807, 2.05) is 39.5 Å². The molecule has 3 aromatic rings. The van der Waals surface area contributed by atoms with Gasteiger partial charge in [0.1, 0.15) is 5.82 Å². The lowest BCUT2D eigenvalue weighted by Gasteiger charge is -2.32. The third-order valence-electron chi connectivity index (χ3n) is 4.70. The molecular weight excluding hydrogens is 322 g/mol. The van der Waals surface area contributed by atoms with Gasteiger partial charge in [-0.1, -0.05) is 0 Å². The molecule has 1 fully saturated rings. The van der Waals surface area contributed by atoms with Crippen LogP contribution in [0.4, 0.5) is 0 Å². The molecule has 1 aliphatic rings. The predicted molar refractivity (Wildman–Crippen MR) is 93.2 cm³/mol. The number of hydrogen-bond acceptors (Lipinski definition) is 4. The molecular formula is C17H21N5OS. The Kier molecular flexibility index (Phi) is 4.10. The van der Waals surface area contributed by atoms with Crippen LogP contribution in [0.3, 0.4) is 0 Å². The molecule has 24 heavy (non-hydrogen) atoms. The minimum absolute atomic E-state index is 0.167. The van der Waals surface area contributed by atoms with E-state index in [1.165, 1.54) is 0 Å². The molecule has 1 saturated heterocycles. The maximum Gasteiger partial charge on any atom is 0.228 e. The normalized spacial score (nSPS) is 18.4. The van der Waals surface area contributed by atoms with Crippen LogP contribution in [0.5, 0.6) is 0 Å². The number of fused-ring (bicyclic) bond motifs is 1. The first kappa shape index (κ1) is 15.4. The van der Waals surface area contributed by atoms with Gasteiger partial charge in [-0.05, 0) is 19.8 Å². The summed E-state index contributed by atoms with van der Waals surface area (Å²) in [5.41, 5.74) is 0.851. The highest BCUT2D eigenvalue weighted by Gasteiger charge is 2.27. The van der Waals surface area contributed by atoms with Crippen LogP contribution in [-0.2, 0) is 17.8 Å². The summed E-state index contributed by atoms with van der Waals surface area (Å²) in [4.78, 5) is 24.7. The number of aryl methyl sites for hydroxylation is 1. The number of carbonyl (C=O) groups is 1. The summed E-state index contributed by atoms with van der Waals surface area (Å²) < 4.78 is 4.16. The summed E-state index contributed by atoms with van der Waals surface area (Å²) in [6, 6.07) is 0. The lowest BCUT2D eigenvalue weighted by molar-refractivity contribution is -0.131. The van der Waals surface area contributed by atoms with E-state index < -0.39 is 0 Å². The summed E-state index contributed by atoms with van der Waals surface area (Å²) in [7, 11) is 0. The third kappa shape index (κ3) is 2.84. The molecule has 4 rings (SSSR count). The van der Waals surface area contributed by atoms with Crippen LogP contribution in [0, 0.1) is 0 Å². The van der Waals surface area contributed by atoms with Gasteiger partial charge in [0.2, 0.25) is 5.91 Å². The quantitative estimate of drug-likeness (QED) is 0.731. The SMILES string of the molecule is CCn1ccnc1C1CCCN(C(=O)Cc2cn3ccsc3n2)C1. The molecule has 3 aromatic heterocycles. The van der Waals surface area contributed by atoms with Gasteiger partial charge >= 0.3 is 0 Å². The highest BCUT2D eigenvalue weighted by Crippen LogP contribution is 2.26. The Hall–Kier alpha value is -2.15. The molecule has 0 spiro atoms. The van der Waals surface area contributed by atoms with Gasteiger partial charge in [0.15, 0.2) is 4.96 Å². The minimum Gasteiger partial charge on any atom is -0.342 e. The predicted octanol–water partition coefficient (Wildman–Crippen LogP) is 2.56. The van der Waals surface area contributed by atoms with Crippen molar-refractivity contribution in [1.29, 1.82) is 0 Å². The molecule has 1 amide bonds. The number of aromatic nitrogens is 4. The molecule has 0 saturated carbocycles. The second-order valence-corrected chi connectivity index (χ2v) is 7.13. The number of carbonyl (C=O) groups excluding carboxylic acids is 1.